The largest absolute Gasteiger partial charge is 0.326 e. The smallest absolute Gasteiger partial charge is 0.276 e. The summed E-state index contributed by atoms with van der Waals surface area (Å²) in [6.45, 7) is 1.86. The Morgan fingerprint density at radius 3 is 2.58 bits per heavy atom. The standard InChI is InChI=1S/C17H18N4O3/c1-10-3-6-12(18-16(23)11-4-5-11)9-14(10)19-17(24)13-7-8-15(22)21(2)20-13/h3,6-9,11H,4-5H2,1-2H3,(H,18,23)(H,19,24). The second-order valence-electron chi connectivity index (χ2n) is 5.93. The maximum Gasteiger partial charge on any atom is 0.276 e. The van der Waals surface area contributed by atoms with Gasteiger partial charge in [-0.3, -0.25) is 14.4 Å². The number of amides is 2. The van der Waals surface area contributed by atoms with E-state index in [9.17, 15) is 14.4 Å². The van der Waals surface area contributed by atoms with Crippen LogP contribution in [0.1, 0.15) is 28.9 Å². The first kappa shape index (κ1) is 15.9. The summed E-state index contributed by atoms with van der Waals surface area (Å²) >= 11 is 0. The average molecular weight is 326 g/mol. The van der Waals surface area contributed by atoms with E-state index in [4.69, 9.17) is 0 Å². The molecule has 0 spiro atoms. The van der Waals surface area contributed by atoms with Gasteiger partial charge in [0.05, 0.1) is 0 Å². The second-order valence-corrected chi connectivity index (χ2v) is 5.93. The SMILES string of the molecule is Cc1ccc(NC(=O)C2CC2)cc1NC(=O)c1ccc(=O)n(C)n1. The highest BCUT2D eigenvalue weighted by Crippen LogP contribution is 2.30. The van der Waals surface area contributed by atoms with Crippen LogP contribution in [0.2, 0.25) is 0 Å². The fourth-order valence-corrected chi connectivity index (χ4v) is 2.23. The first-order chi connectivity index (χ1) is 11.4. The molecule has 2 N–H and O–H groups in total. The van der Waals surface area contributed by atoms with Gasteiger partial charge in [-0.15, -0.1) is 0 Å². The first-order valence-corrected chi connectivity index (χ1v) is 7.71. The summed E-state index contributed by atoms with van der Waals surface area (Å²) in [6, 6.07) is 8.02. The summed E-state index contributed by atoms with van der Waals surface area (Å²) in [5.74, 6) is -0.297. The highest BCUT2D eigenvalue weighted by molar-refractivity contribution is 6.03. The van der Waals surface area contributed by atoms with Crippen LogP contribution in [-0.2, 0) is 11.8 Å². The molecule has 3 rings (SSSR count). The number of aromatic nitrogens is 2. The average Bonchev–Trinajstić information content (AvgIpc) is 3.38. The molecule has 124 valence electrons. The van der Waals surface area contributed by atoms with E-state index >= 15 is 0 Å². The molecule has 0 bridgehead atoms. The Labute approximate surface area is 138 Å². The molecular formula is C17H18N4O3. The van der Waals surface area contributed by atoms with Crippen molar-refractivity contribution in [3.63, 3.8) is 0 Å². The fourth-order valence-electron chi connectivity index (χ4n) is 2.23. The van der Waals surface area contributed by atoms with Gasteiger partial charge in [0.15, 0.2) is 0 Å². The van der Waals surface area contributed by atoms with Crippen molar-refractivity contribution in [2.24, 2.45) is 13.0 Å². The van der Waals surface area contributed by atoms with Crippen LogP contribution in [0.4, 0.5) is 11.4 Å². The predicted octanol–water partition coefficient (Wildman–Crippen LogP) is 1.69. The quantitative estimate of drug-likeness (QED) is 0.894. The third kappa shape index (κ3) is 3.51. The molecule has 2 amide bonds. The maximum atomic E-state index is 12.3. The Morgan fingerprint density at radius 1 is 1.17 bits per heavy atom. The van der Waals surface area contributed by atoms with E-state index in [1.807, 2.05) is 13.0 Å². The summed E-state index contributed by atoms with van der Waals surface area (Å²) in [5, 5.41) is 9.54. The van der Waals surface area contributed by atoms with Crippen molar-refractivity contribution in [1.82, 2.24) is 9.78 Å². The van der Waals surface area contributed by atoms with Crippen LogP contribution in [0.25, 0.3) is 0 Å². The van der Waals surface area contributed by atoms with Gasteiger partial charge in [-0.05, 0) is 43.5 Å². The maximum absolute atomic E-state index is 12.3. The summed E-state index contributed by atoms with van der Waals surface area (Å²) in [4.78, 5) is 35.5. The number of aryl methyl sites for hydroxylation is 2. The van der Waals surface area contributed by atoms with E-state index in [-0.39, 0.29) is 23.1 Å². The van der Waals surface area contributed by atoms with E-state index in [0.717, 1.165) is 23.1 Å². The minimum atomic E-state index is -0.417. The predicted molar refractivity (Wildman–Crippen MR) is 90.0 cm³/mol. The van der Waals surface area contributed by atoms with Gasteiger partial charge in [0.1, 0.15) is 5.69 Å². The number of nitrogens with one attached hydrogen (secondary N) is 2. The van der Waals surface area contributed by atoms with Crippen LogP contribution < -0.4 is 16.2 Å². The summed E-state index contributed by atoms with van der Waals surface area (Å²) in [5.41, 5.74) is 1.94. The summed E-state index contributed by atoms with van der Waals surface area (Å²) < 4.78 is 1.11. The van der Waals surface area contributed by atoms with Gasteiger partial charge < -0.3 is 10.6 Å². The van der Waals surface area contributed by atoms with Gasteiger partial charge in [0, 0.05) is 30.4 Å². The van der Waals surface area contributed by atoms with Crippen LogP contribution in [0.3, 0.4) is 0 Å². The third-order valence-electron chi connectivity index (χ3n) is 3.89. The Balaban J connectivity index is 1.77. The number of carbonyl (C=O) groups excluding carboxylic acids is 2. The Kier molecular flexibility index (Phi) is 4.16. The number of nitrogens with zero attached hydrogens (tertiary/aromatic N) is 2. The molecule has 0 unspecified atom stereocenters. The van der Waals surface area contributed by atoms with Crippen LogP contribution in [0, 0.1) is 12.8 Å². The van der Waals surface area contributed by atoms with Gasteiger partial charge in [0.25, 0.3) is 11.5 Å². The van der Waals surface area contributed by atoms with Crippen LogP contribution in [0.15, 0.2) is 35.1 Å². The lowest BCUT2D eigenvalue weighted by Crippen LogP contribution is -2.23. The van der Waals surface area contributed by atoms with Crippen LogP contribution in [0.5, 0.6) is 0 Å². The minimum Gasteiger partial charge on any atom is -0.326 e. The highest BCUT2D eigenvalue weighted by Gasteiger charge is 2.29. The van der Waals surface area contributed by atoms with Crippen molar-refractivity contribution >= 4 is 23.2 Å². The minimum absolute atomic E-state index is 0.0101. The van der Waals surface area contributed by atoms with Crippen molar-refractivity contribution in [1.29, 1.82) is 0 Å². The lowest BCUT2D eigenvalue weighted by atomic mass is 10.1. The van der Waals surface area contributed by atoms with Crippen molar-refractivity contribution in [3.8, 4) is 0 Å². The molecule has 1 heterocycles. The first-order valence-electron chi connectivity index (χ1n) is 7.71. The van der Waals surface area contributed by atoms with Crippen LogP contribution >= 0.6 is 0 Å². The number of rotatable bonds is 4. The summed E-state index contributed by atoms with van der Waals surface area (Å²) in [6.07, 6.45) is 1.86. The monoisotopic (exact) mass is 326 g/mol. The number of carbonyl (C=O) groups is 2. The Hall–Kier alpha value is -2.96. The molecule has 0 radical (unpaired) electrons. The van der Waals surface area contributed by atoms with E-state index in [1.54, 1.807) is 12.1 Å². The van der Waals surface area contributed by atoms with E-state index in [0.29, 0.717) is 11.4 Å². The molecule has 1 aliphatic rings. The topological polar surface area (TPSA) is 93.1 Å². The van der Waals surface area contributed by atoms with Crippen molar-refractivity contribution in [2.45, 2.75) is 19.8 Å². The molecule has 7 nitrogen and oxygen atoms in total. The molecule has 0 saturated heterocycles. The van der Waals surface area contributed by atoms with Crippen molar-refractivity contribution in [2.75, 3.05) is 10.6 Å². The normalized spacial score (nSPS) is 13.4. The molecular weight excluding hydrogens is 308 g/mol. The molecule has 1 aromatic heterocycles. The zero-order valence-corrected chi connectivity index (χ0v) is 13.5. The number of hydrogen-bond acceptors (Lipinski definition) is 4. The molecule has 1 aliphatic carbocycles. The molecule has 1 saturated carbocycles. The Morgan fingerprint density at radius 2 is 1.92 bits per heavy atom. The summed E-state index contributed by atoms with van der Waals surface area (Å²) in [7, 11) is 1.48. The van der Waals surface area contributed by atoms with Crippen LogP contribution in [-0.4, -0.2) is 21.6 Å². The second kappa shape index (κ2) is 6.27. The molecule has 2 aromatic rings. The van der Waals surface area contributed by atoms with E-state index in [2.05, 4.69) is 15.7 Å². The molecule has 0 atom stereocenters. The molecule has 1 aromatic carbocycles. The molecule has 24 heavy (non-hydrogen) atoms. The van der Waals surface area contributed by atoms with E-state index < -0.39 is 5.91 Å². The number of hydrogen-bond donors (Lipinski definition) is 2. The van der Waals surface area contributed by atoms with E-state index in [1.165, 1.54) is 19.2 Å². The number of benzene rings is 1. The van der Waals surface area contributed by atoms with Crippen molar-refractivity contribution < 1.29 is 9.59 Å². The zero-order chi connectivity index (χ0) is 17.3. The van der Waals surface area contributed by atoms with Gasteiger partial charge in [-0.2, -0.15) is 5.10 Å². The molecule has 0 aliphatic heterocycles. The highest BCUT2D eigenvalue weighted by atomic mass is 16.2. The van der Waals surface area contributed by atoms with Gasteiger partial charge in [-0.25, -0.2) is 4.68 Å². The molecule has 1 fully saturated rings. The van der Waals surface area contributed by atoms with Gasteiger partial charge in [-0.1, -0.05) is 6.07 Å². The fraction of sp³-hybridized carbons (Fsp3) is 0.294. The lowest BCUT2D eigenvalue weighted by Gasteiger charge is -2.11. The van der Waals surface area contributed by atoms with Gasteiger partial charge >= 0.3 is 0 Å². The zero-order valence-electron chi connectivity index (χ0n) is 13.5. The number of anilines is 2. The third-order valence-corrected chi connectivity index (χ3v) is 3.89. The van der Waals surface area contributed by atoms with Crippen molar-refractivity contribution in [3.05, 3.63) is 51.9 Å². The lowest BCUT2D eigenvalue weighted by molar-refractivity contribution is -0.117. The van der Waals surface area contributed by atoms with Gasteiger partial charge in [0.2, 0.25) is 5.91 Å². The Bertz CT molecular complexity index is 868. The molecule has 7 heteroatoms.